The molecule has 1 aliphatic rings. The van der Waals surface area contributed by atoms with Crippen molar-refractivity contribution in [3.05, 3.63) is 42.0 Å². The molecule has 5 nitrogen and oxygen atoms in total. The van der Waals surface area contributed by atoms with Crippen LogP contribution in [0.3, 0.4) is 0 Å². The Morgan fingerprint density at radius 2 is 1.82 bits per heavy atom. The molecule has 0 bridgehead atoms. The van der Waals surface area contributed by atoms with Crippen LogP contribution in [0.15, 0.2) is 36.4 Å². The van der Waals surface area contributed by atoms with Crippen molar-refractivity contribution in [1.29, 1.82) is 0 Å². The highest BCUT2D eigenvalue weighted by Gasteiger charge is 2.25. The highest BCUT2D eigenvalue weighted by molar-refractivity contribution is 7.80. The van der Waals surface area contributed by atoms with Gasteiger partial charge in [-0.15, -0.1) is 0 Å². The average Bonchev–Trinajstić information content (AvgIpc) is 3.37. The predicted molar refractivity (Wildman–Crippen MR) is 92.8 cm³/mol. The molecule has 4 N–H and O–H groups in total. The van der Waals surface area contributed by atoms with Gasteiger partial charge < -0.3 is 5.32 Å². The molecule has 22 heavy (non-hydrogen) atoms. The van der Waals surface area contributed by atoms with Gasteiger partial charge in [0.1, 0.15) is 0 Å². The number of thiocarbonyl (C=S) groups is 1. The van der Waals surface area contributed by atoms with E-state index in [0.29, 0.717) is 5.92 Å². The molecule has 3 rings (SSSR count). The Morgan fingerprint density at radius 3 is 2.50 bits per heavy atom. The summed E-state index contributed by atoms with van der Waals surface area (Å²) in [6.45, 7) is 0. The summed E-state index contributed by atoms with van der Waals surface area (Å²) in [6, 6.07) is 11.8. The molecule has 0 spiro atoms. The fourth-order valence-electron chi connectivity index (χ4n) is 2.47. The van der Waals surface area contributed by atoms with E-state index in [9.17, 15) is 4.79 Å². The third-order valence-corrected chi connectivity index (χ3v) is 3.97. The lowest BCUT2D eigenvalue weighted by atomic mass is 10.00. The number of hydrogen-bond donors (Lipinski definition) is 4. The van der Waals surface area contributed by atoms with Crippen LogP contribution in [-0.2, 0) is 0 Å². The zero-order valence-corrected chi connectivity index (χ0v) is 13.2. The van der Waals surface area contributed by atoms with Gasteiger partial charge in [-0.1, -0.05) is 30.3 Å². The molecule has 7 heteroatoms. The van der Waals surface area contributed by atoms with Crippen molar-refractivity contribution in [3.8, 4) is 0 Å². The van der Waals surface area contributed by atoms with Gasteiger partial charge in [-0.05, 0) is 48.0 Å². The van der Waals surface area contributed by atoms with Crippen LogP contribution >= 0.6 is 24.0 Å². The number of hydrazine groups is 1. The number of fused-ring (bicyclic) bond motifs is 1. The van der Waals surface area contributed by atoms with Gasteiger partial charge in [-0.2, -0.15) is 0 Å². The van der Waals surface area contributed by atoms with E-state index in [1.54, 1.807) is 0 Å². The molecular weight excluding hydrogens is 320 g/mol. The molecule has 2 aromatic rings. The first-order valence-corrected chi connectivity index (χ1v) is 7.73. The molecule has 0 radical (unpaired) electrons. The van der Waals surface area contributed by atoms with Gasteiger partial charge in [-0.25, -0.2) is 15.1 Å². The zero-order chi connectivity index (χ0) is 15.5. The number of nitrogens with one attached hydrogen (secondary N) is 4. The summed E-state index contributed by atoms with van der Waals surface area (Å²) >= 11 is 10.3. The van der Waals surface area contributed by atoms with E-state index in [4.69, 9.17) is 24.0 Å². The number of urea groups is 1. The summed E-state index contributed by atoms with van der Waals surface area (Å²) in [7, 11) is 0. The highest BCUT2D eigenvalue weighted by Crippen LogP contribution is 2.44. The van der Waals surface area contributed by atoms with Crippen molar-refractivity contribution in [2.75, 3.05) is 5.32 Å². The van der Waals surface area contributed by atoms with E-state index < -0.39 is 6.03 Å². The number of benzene rings is 2. The second-order valence-electron chi connectivity index (χ2n) is 5.15. The molecular formula is C15H15ClN4OS. The first kappa shape index (κ1) is 14.9. The minimum atomic E-state index is -0.584. The van der Waals surface area contributed by atoms with Crippen molar-refractivity contribution >= 4 is 51.6 Å². The van der Waals surface area contributed by atoms with Crippen LogP contribution in [0.25, 0.3) is 10.8 Å². The summed E-state index contributed by atoms with van der Waals surface area (Å²) in [6.07, 6.45) is 2.52. The Kier molecular flexibility index (Phi) is 4.31. The van der Waals surface area contributed by atoms with Crippen molar-refractivity contribution in [2.24, 2.45) is 0 Å². The van der Waals surface area contributed by atoms with Crippen LogP contribution < -0.4 is 21.0 Å². The van der Waals surface area contributed by atoms with E-state index in [0.717, 1.165) is 11.1 Å². The number of carbonyl (C=O) groups excluding carboxylic acids is 1. The Balaban J connectivity index is 1.81. The standard InChI is InChI=1S/C15H15ClN4OS/c16-18-14(21)19-20-15(22)17-13-8-7-10(9-5-6-9)11-3-1-2-4-12(11)13/h1-4,7-9H,5-6H2,(H2,17,20,22)(H2,18,19,21). The van der Waals surface area contributed by atoms with Crippen LogP contribution in [0.2, 0.25) is 0 Å². The monoisotopic (exact) mass is 334 g/mol. The molecule has 0 saturated heterocycles. The third-order valence-electron chi connectivity index (χ3n) is 3.60. The number of carbonyl (C=O) groups is 1. The Hall–Kier alpha value is -2.05. The van der Waals surface area contributed by atoms with E-state index in [2.05, 4.69) is 34.4 Å². The van der Waals surface area contributed by atoms with E-state index in [1.165, 1.54) is 23.8 Å². The minimum Gasteiger partial charge on any atom is -0.331 e. The molecule has 0 atom stereocenters. The van der Waals surface area contributed by atoms with Crippen LogP contribution in [0.1, 0.15) is 24.3 Å². The highest BCUT2D eigenvalue weighted by atomic mass is 35.5. The van der Waals surface area contributed by atoms with Gasteiger partial charge >= 0.3 is 6.03 Å². The van der Waals surface area contributed by atoms with Gasteiger partial charge in [0.05, 0.1) is 0 Å². The van der Waals surface area contributed by atoms with E-state index in [1.807, 2.05) is 23.0 Å². The summed E-state index contributed by atoms with van der Waals surface area (Å²) in [4.78, 5) is 12.9. The summed E-state index contributed by atoms with van der Waals surface area (Å²) in [5, 5.41) is 5.72. The summed E-state index contributed by atoms with van der Waals surface area (Å²) < 4.78 is 0. The fourth-order valence-corrected chi connectivity index (χ4v) is 2.68. The molecule has 0 aliphatic heterocycles. The first-order chi connectivity index (χ1) is 10.7. The van der Waals surface area contributed by atoms with Gasteiger partial charge in [-0.3, -0.25) is 5.43 Å². The van der Waals surface area contributed by atoms with Crippen molar-refractivity contribution in [1.82, 2.24) is 15.7 Å². The maximum absolute atomic E-state index is 11.0. The number of rotatable bonds is 2. The van der Waals surface area contributed by atoms with Crippen LogP contribution in [0.4, 0.5) is 10.5 Å². The van der Waals surface area contributed by atoms with Crippen LogP contribution in [0, 0.1) is 0 Å². The average molecular weight is 335 g/mol. The van der Waals surface area contributed by atoms with E-state index in [-0.39, 0.29) is 5.11 Å². The zero-order valence-electron chi connectivity index (χ0n) is 11.7. The van der Waals surface area contributed by atoms with Crippen LogP contribution in [0.5, 0.6) is 0 Å². The molecule has 0 heterocycles. The van der Waals surface area contributed by atoms with Crippen LogP contribution in [-0.4, -0.2) is 11.1 Å². The van der Waals surface area contributed by atoms with Crippen molar-refractivity contribution in [2.45, 2.75) is 18.8 Å². The number of amides is 2. The number of hydrogen-bond acceptors (Lipinski definition) is 2. The largest absolute Gasteiger partial charge is 0.348 e. The molecule has 0 aromatic heterocycles. The Labute approximate surface area is 138 Å². The first-order valence-electron chi connectivity index (χ1n) is 6.94. The summed E-state index contributed by atoms with van der Waals surface area (Å²) in [5.41, 5.74) is 7.16. The number of halogens is 1. The van der Waals surface area contributed by atoms with E-state index >= 15 is 0 Å². The molecule has 0 unspecified atom stereocenters. The Morgan fingerprint density at radius 1 is 1.09 bits per heavy atom. The van der Waals surface area contributed by atoms with Crippen molar-refractivity contribution in [3.63, 3.8) is 0 Å². The fraction of sp³-hybridized carbons (Fsp3) is 0.200. The molecule has 1 aliphatic carbocycles. The molecule has 1 saturated carbocycles. The maximum Gasteiger partial charge on any atom is 0.348 e. The topological polar surface area (TPSA) is 65.2 Å². The molecule has 2 amide bonds. The lowest BCUT2D eigenvalue weighted by Crippen LogP contribution is -2.46. The van der Waals surface area contributed by atoms with Gasteiger partial charge in [0.2, 0.25) is 0 Å². The third kappa shape index (κ3) is 3.23. The summed E-state index contributed by atoms with van der Waals surface area (Å²) in [5.74, 6) is 0.679. The lowest BCUT2D eigenvalue weighted by molar-refractivity contribution is 0.244. The second-order valence-corrected chi connectivity index (χ2v) is 5.75. The SMILES string of the molecule is O=C(NCl)NNC(=S)Nc1ccc(C2CC2)c2ccccc12. The second kappa shape index (κ2) is 6.37. The van der Waals surface area contributed by atoms with Gasteiger partial charge in [0.15, 0.2) is 5.11 Å². The molecule has 1 fully saturated rings. The molecule has 2 aromatic carbocycles. The molecule has 114 valence electrons. The lowest BCUT2D eigenvalue weighted by Gasteiger charge is -2.14. The minimum absolute atomic E-state index is 0.282. The van der Waals surface area contributed by atoms with Crippen molar-refractivity contribution < 1.29 is 4.79 Å². The van der Waals surface area contributed by atoms with Gasteiger partial charge in [0, 0.05) is 22.9 Å². The smallest absolute Gasteiger partial charge is 0.331 e. The predicted octanol–water partition coefficient (Wildman–Crippen LogP) is 3.37. The van der Waals surface area contributed by atoms with Gasteiger partial charge in [0.25, 0.3) is 0 Å². The number of anilines is 1. The normalized spacial score (nSPS) is 13.5. The maximum atomic E-state index is 11.0. The quantitative estimate of drug-likeness (QED) is 0.386. The Bertz CT molecular complexity index is 733.